The van der Waals surface area contributed by atoms with Crippen molar-refractivity contribution in [3.8, 4) is 0 Å². The molecule has 20 heavy (non-hydrogen) atoms. The van der Waals surface area contributed by atoms with E-state index in [1.807, 2.05) is 7.05 Å². The lowest BCUT2D eigenvalue weighted by Crippen LogP contribution is -2.34. The first-order valence-electron chi connectivity index (χ1n) is 7.19. The molecule has 0 atom stereocenters. The van der Waals surface area contributed by atoms with E-state index >= 15 is 0 Å². The van der Waals surface area contributed by atoms with Crippen LogP contribution in [0, 0.1) is 11.7 Å². The number of carboxylic acids is 1. The first-order chi connectivity index (χ1) is 9.47. The zero-order chi connectivity index (χ0) is 14.7. The van der Waals surface area contributed by atoms with Gasteiger partial charge in [0.05, 0.1) is 5.56 Å². The van der Waals surface area contributed by atoms with Crippen molar-refractivity contribution >= 4 is 5.97 Å². The topological polar surface area (TPSA) is 40.5 Å². The average molecular weight is 279 g/mol. The summed E-state index contributed by atoms with van der Waals surface area (Å²) >= 11 is 0. The third kappa shape index (κ3) is 3.57. The quantitative estimate of drug-likeness (QED) is 0.916. The monoisotopic (exact) mass is 279 g/mol. The standard InChI is InChI=1S/C16H22FNO2/c1-11-3-7-14(8-4-11)18(2)10-12-5-6-13(17)9-15(12)16(19)20/h5-6,9,11,14H,3-4,7-8,10H2,1-2H3,(H,19,20). The van der Waals surface area contributed by atoms with Crippen LogP contribution in [0.5, 0.6) is 0 Å². The molecule has 110 valence electrons. The summed E-state index contributed by atoms with van der Waals surface area (Å²) in [7, 11) is 2.02. The molecule has 1 N–H and O–H groups in total. The number of hydrogen-bond donors (Lipinski definition) is 1. The van der Waals surface area contributed by atoms with Crippen LogP contribution in [0.3, 0.4) is 0 Å². The second-order valence-electron chi connectivity index (χ2n) is 5.94. The minimum atomic E-state index is -1.06. The minimum Gasteiger partial charge on any atom is -0.478 e. The summed E-state index contributed by atoms with van der Waals surface area (Å²) in [5.41, 5.74) is 0.751. The summed E-state index contributed by atoms with van der Waals surface area (Å²) < 4.78 is 13.2. The van der Waals surface area contributed by atoms with E-state index in [1.165, 1.54) is 18.9 Å². The van der Waals surface area contributed by atoms with Crippen LogP contribution in [0.15, 0.2) is 18.2 Å². The molecule has 1 fully saturated rings. The maximum Gasteiger partial charge on any atom is 0.336 e. The second kappa shape index (κ2) is 6.35. The van der Waals surface area contributed by atoms with Gasteiger partial charge in [-0.3, -0.25) is 4.90 Å². The van der Waals surface area contributed by atoms with Gasteiger partial charge < -0.3 is 5.11 Å². The number of hydrogen-bond acceptors (Lipinski definition) is 2. The van der Waals surface area contributed by atoms with Crippen LogP contribution >= 0.6 is 0 Å². The van der Waals surface area contributed by atoms with E-state index in [1.54, 1.807) is 6.07 Å². The van der Waals surface area contributed by atoms with E-state index in [9.17, 15) is 9.18 Å². The predicted molar refractivity (Wildman–Crippen MR) is 76.2 cm³/mol. The molecule has 0 spiro atoms. The molecular weight excluding hydrogens is 257 g/mol. The molecule has 0 heterocycles. The van der Waals surface area contributed by atoms with E-state index in [0.717, 1.165) is 24.8 Å². The fraction of sp³-hybridized carbons (Fsp3) is 0.562. The predicted octanol–water partition coefficient (Wildman–Crippen LogP) is 3.53. The lowest BCUT2D eigenvalue weighted by molar-refractivity contribution is 0.0693. The first kappa shape index (κ1) is 15.0. The van der Waals surface area contributed by atoms with Gasteiger partial charge in [-0.25, -0.2) is 9.18 Å². The Labute approximate surface area is 119 Å². The van der Waals surface area contributed by atoms with E-state index in [-0.39, 0.29) is 5.56 Å². The minimum absolute atomic E-state index is 0.0704. The van der Waals surface area contributed by atoms with Crippen molar-refractivity contribution in [1.82, 2.24) is 4.90 Å². The fourth-order valence-corrected chi connectivity index (χ4v) is 2.97. The molecule has 0 aliphatic heterocycles. The summed E-state index contributed by atoms with van der Waals surface area (Å²) in [6.45, 7) is 2.83. The summed E-state index contributed by atoms with van der Waals surface area (Å²) in [5.74, 6) is -0.773. The summed E-state index contributed by atoms with van der Waals surface area (Å²) in [4.78, 5) is 13.4. The van der Waals surface area contributed by atoms with Crippen molar-refractivity contribution in [3.05, 3.63) is 35.1 Å². The van der Waals surface area contributed by atoms with Gasteiger partial charge in [-0.05, 0) is 56.3 Å². The summed E-state index contributed by atoms with van der Waals surface area (Å²) in [6.07, 6.45) is 4.76. The highest BCUT2D eigenvalue weighted by Gasteiger charge is 2.23. The van der Waals surface area contributed by atoms with Crippen molar-refractivity contribution in [2.45, 2.75) is 45.2 Å². The van der Waals surface area contributed by atoms with Gasteiger partial charge in [0.25, 0.3) is 0 Å². The first-order valence-corrected chi connectivity index (χ1v) is 7.19. The Morgan fingerprint density at radius 2 is 2.00 bits per heavy atom. The highest BCUT2D eigenvalue weighted by atomic mass is 19.1. The number of benzene rings is 1. The molecule has 0 amide bonds. The Balaban J connectivity index is 2.07. The Kier molecular flexibility index (Phi) is 4.76. The molecule has 0 saturated heterocycles. The van der Waals surface area contributed by atoms with Crippen LogP contribution < -0.4 is 0 Å². The van der Waals surface area contributed by atoms with Gasteiger partial charge >= 0.3 is 5.97 Å². The number of carboxylic acid groups (broad SMARTS) is 1. The number of rotatable bonds is 4. The van der Waals surface area contributed by atoms with Crippen LogP contribution in [0.2, 0.25) is 0 Å². The van der Waals surface area contributed by atoms with Crippen LogP contribution in [0.1, 0.15) is 48.5 Å². The smallest absolute Gasteiger partial charge is 0.336 e. The lowest BCUT2D eigenvalue weighted by atomic mass is 9.86. The lowest BCUT2D eigenvalue weighted by Gasteiger charge is -2.33. The Morgan fingerprint density at radius 1 is 1.35 bits per heavy atom. The van der Waals surface area contributed by atoms with Gasteiger partial charge in [-0.15, -0.1) is 0 Å². The molecule has 1 aliphatic carbocycles. The largest absolute Gasteiger partial charge is 0.478 e. The zero-order valence-electron chi connectivity index (χ0n) is 12.1. The molecule has 0 radical (unpaired) electrons. The van der Waals surface area contributed by atoms with Crippen molar-refractivity contribution in [2.24, 2.45) is 5.92 Å². The van der Waals surface area contributed by atoms with Crippen LogP contribution in [-0.2, 0) is 6.54 Å². The maximum absolute atomic E-state index is 13.2. The van der Waals surface area contributed by atoms with Gasteiger partial charge in [0, 0.05) is 12.6 Å². The van der Waals surface area contributed by atoms with Gasteiger partial charge in [0.15, 0.2) is 0 Å². The zero-order valence-corrected chi connectivity index (χ0v) is 12.1. The Hall–Kier alpha value is -1.42. The number of aromatic carboxylic acids is 1. The molecule has 0 aromatic heterocycles. The number of halogens is 1. The van der Waals surface area contributed by atoms with Gasteiger partial charge in [-0.1, -0.05) is 13.0 Å². The third-order valence-electron chi connectivity index (χ3n) is 4.33. The van der Waals surface area contributed by atoms with Crippen LogP contribution in [-0.4, -0.2) is 29.1 Å². The second-order valence-corrected chi connectivity index (χ2v) is 5.94. The van der Waals surface area contributed by atoms with Gasteiger partial charge in [0.1, 0.15) is 5.82 Å². The number of carbonyl (C=O) groups is 1. The third-order valence-corrected chi connectivity index (χ3v) is 4.33. The molecule has 2 rings (SSSR count). The van der Waals surface area contributed by atoms with E-state index in [2.05, 4.69) is 11.8 Å². The molecular formula is C16H22FNO2. The highest BCUT2D eigenvalue weighted by molar-refractivity contribution is 5.89. The highest BCUT2D eigenvalue weighted by Crippen LogP contribution is 2.27. The summed E-state index contributed by atoms with van der Waals surface area (Å²) in [5, 5.41) is 9.16. The molecule has 0 bridgehead atoms. The molecule has 0 unspecified atom stereocenters. The van der Waals surface area contributed by atoms with Crippen molar-refractivity contribution in [1.29, 1.82) is 0 Å². The van der Waals surface area contributed by atoms with Gasteiger partial charge in [0.2, 0.25) is 0 Å². The SMILES string of the molecule is CC1CCC(N(C)Cc2ccc(F)cc2C(=O)O)CC1. The van der Waals surface area contributed by atoms with Crippen LogP contribution in [0.25, 0.3) is 0 Å². The molecule has 1 aromatic carbocycles. The van der Waals surface area contributed by atoms with E-state index in [0.29, 0.717) is 18.2 Å². The van der Waals surface area contributed by atoms with Gasteiger partial charge in [-0.2, -0.15) is 0 Å². The van der Waals surface area contributed by atoms with Crippen molar-refractivity contribution in [3.63, 3.8) is 0 Å². The Bertz CT molecular complexity index is 481. The average Bonchev–Trinajstić information content (AvgIpc) is 2.41. The molecule has 1 saturated carbocycles. The molecule has 1 aromatic rings. The van der Waals surface area contributed by atoms with E-state index in [4.69, 9.17) is 5.11 Å². The molecule has 1 aliphatic rings. The Morgan fingerprint density at radius 3 is 2.60 bits per heavy atom. The molecule has 4 heteroatoms. The maximum atomic E-state index is 13.2. The normalized spacial score (nSPS) is 23.0. The molecule has 3 nitrogen and oxygen atoms in total. The fourth-order valence-electron chi connectivity index (χ4n) is 2.97. The van der Waals surface area contributed by atoms with E-state index < -0.39 is 11.8 Å². The van der Waals surface area contributed by atoms with Crippen LogP contribution in [0.4, 0.5) is 4.39 Å². The van der Waals surface area contributed by atoms with Crippen molar-refractivity contribution in [2.75, 3.05) is 7.05 Å². The van der Waals surface area contributed by atoms with Crippen molar-refractivity contribution < 1.29 is 14.3 Å². The number of nitrogens with zero attached hydrogens (tertiary/aromatic N) is 1. The summed E-state index contributed by atoms with van der Waals surface area (Å²) in [6, 6.07) is 4.52.